The van der Waals surface area contributed by atoms with Crippen LogP contribution in [0.25, 0.3) is 0 Å². The number of sulfonamides is 1. The number of nitrogens with one attached hydrogen (secondary N) is 2. The second-order valence-corrected chi connectivity index (χ2v) is 10.00. The normalized spacial score (nSPS) is 20.8. The van der Waals surface area contributed by atoms with Crippen molar-refractivity contribution in [3.63, 3.8) is 0 Å². The van der Waals surface area contributed by atoms with Crippen LogP contribution in [-0.4, -0.2) is 34.5 Å². The van der Waals surface area contributed by atoms with Crippen LogP contribution in [0.1, 0.15) is 32.6 Å². The molecule has 31 heavy (non-hydrogen) atoms. The van der Waals surface area contributed by atoms with Crippen molar-refractivity contribution in [3.05, 3.63) is 42.5 Å². The van der Waals surface area contributed by atoms with Crippen molar-refractivity contribution in [2.45, 2.75) is 37.5 Å². The van der Waals surface area contributed by atoms with Gasteiger partial charge in [-0.3, -0.25) is 9.52 Å². The third-order valence-corrected chi connectivity index (χ3v) is 7.41. The average molecular weight is 444 g/mol. The van der Waals surface area contributed by atoms with Gasteiger partial charge in [-0.15, -0.1) is 0 Å². The number of rotatable bonds is 7. The summed E-state index contributed by atoms with van der Waals surface area (Å²) in [6, 6.07) is 12.1. The van der Waals surface area contributed by atoms with Crippen LogP contribution in [0.4, 0.5) is 17.1 Å². The molecule has 4 rings (SSSR count). The number of ether oxygens (including phenoxy) is 1. The summed E-state index contributed by atoms with van der Waals surface area (Å²) in [5.74, 6) is 0.772. The van der Waals surface area contributed by atoms with Crippen LogP contribution in [0.5, 0.6) is 5.75 Å². The zero-order valence-electron chi connectivity index (χ0n) is 17.9. The Hall–Kier alpha value is -2.74. The Morgan fingerprint density at radius 2 is 1.81 bits per heavy atom. The van der Waals surface area contributed by atoms with E-state index in [1.54, 1.807) is 42.5 Å². The van der Waals surface area contributed by atoms with E-state index >= 15 is 0 Å². The fourth-order valence-corrected chi connectivity index (χ4v) is 5.38. The summed E-state index contributed by atoms with van der Waals surface area (Å²) in [7, 11) is -2.42. The molecule has 0 radical (unpaired) electrons. The first kappa shape index (κ1) is 21.5. The lowest BCUT2D eigenvalue weighted by Crippen LogP contribution is -2.31. The van der Waals surface area contributed by atoms with E-state index in [2.05, 4.69) is 14.9 Å². The standard InChI is InChI=1S/C23H29N3O4S/c1-16-14-18(16)23(27)24-17-10-11-20(26-12-6-3-7-13-26)22(15-17)31(28,29)25-19-8-4-5-9-21(19)30-2/h4-5,8-11,15-16,18,25H,3,6-7,12-14H2,1-2H3,(H,24,27)/t16-,18-/m1/s1. The van der Waals surface area contributed by atoms with E-state index in [0.29, 0.717) is 28.7 Å². The molecular formula is C23H29N3O4S. The molecule has 2 aromatic carbocycles. The van der Waals surface area contributed by atoms with E-state index in [1.165, 1.54) is 7.11 Å². The number of carbonyl (C=O) groups is 1. The average Bonchev–Trinajstić information content (AvgIpc) is 3.51. The van der Waals surface area contributed by atoms with Crippen molar-refractivity contribution in [2.75, 3.05) is 35.1 Å². The van der Waals surface area contributed by atoms with Crippen LogP contribution in [0.3, 0.4) is 0 Å². The predicted octanol–water partition coefficient (Wildman–Crippen LogP) is 4.08. The second-order valence-electron chi connectivity index (χ2n) is 8.34. The van der Waals surface area contributed by atoms with Gasteiger partial charge in [-0.25, -0.2) is 8.42 Å². The van der Waals surface area contributed by atoms with Crippen LogP contribution in [0.15, 0.2) is 47.4 Å². The first-order valence-electron chi connectivity index (χ1n) is 10.7. The largest absolute Gasteiger partial charge is 0.495 e. The summed E-state index contributed by atoms with van der Waals surface area (Å²) in [4.78, 5) is 14.7. The molecule has 2 aliphatic rings. The molecule has 1 aliphatic heterocycles. The number of nitrogens with zero attached hydrogens (tertiary/aromatic N) is 1. The van der Waals surface area contributed by atoms with E-state index in [9.17, 15) is 13.2 Å². The van der Waals surface area contributed by atoms with Gasteiger partial charge in [0.1, 0.15) is 10.6 Å². The summed E-state index contributed by atoms with van der Waals surface area (Å²) in [6.45, 7) is 3.65. The first-order valence-corrected chi connectivity index (χ1v) is 12.2. The van der Waals surface area contributed by atoms with Gasteiger partial charge in [-0.1, -0.05) is 19.1 Å². The molecule has 0 aromatic heterocycles. The van der Waals surface area contributed by atoms with E-state index in [-0.39, 0.29) is 16.7 Å². The maximum absolute atomic E-state index is 13.5. The Morgan fingerprint density at radius 1 is 1.10 bits per heavy atom. The van der Waals surface area contributed by atoms with E-state index in [0.717, 1.165) is 38.8 Å². The smallest absolute Gasteiger partial charge is 0.264 e. The lowest BCUT2D eigenvalue weighted by Gasteiger charge is -2.30. The summed E-state index contributed by atoms with van der Waals surface area (Å²) in [5, 5.41) is 2.89. The molecule has 1 saturated heterocycles. The third-order valence-electron chi connectivity index (χ3n) is 6.01. The Balaban J connectivity index is 1.69. The lowest BCUT2D eigenvalue weighted by molar-refractivity contribution is -0.117. The number of methoxy groups -OCH3 is 1. The quantitative estimate of drug-likeness (QED) is 0.673. The fourth-order valence-electron chi connectivity index (χ4n) is 4.05. The van der Waals surface area contributed by atoms with Gasteiger partial charge in [0.05, 0.1) is 18.5 Å². The molecule has 2 aromatic rings. The number of benzene rings is 2. The fraction of sp³-hybridized carbons (Fsp3) is 0.435. The van der Waals surface area contributed by atoms with Gasteiger partial charge in [-0.2, -0.15) is 0 Å². The summed E-state index contributed by atoms with van der Waals surface area (Å²) in [5.41, 5.74) is 1.51. The minimum absolute atomic E-state index is 0.00790. The van der Waals surface area contributed by atoms with E-state index in [4.69, 9.17) is 4.74 Å². The minimum atomic E-state index is -3.92. The molecular weight excluding hydrogens is 414 g/mol. The van der Waals surface area contributed by atoms with E-state index in [1.807, 2.05) is 6.92 Å². The highest BCUT2D eigenvalue weighted by Gasteiger charge is 2.39. The second kappa shape index (κ2) is 8.78. The van der Waals surface area contributed by atoms with Crippen molar-refractivity contribution >= 4 is 33.0 Å². The summed E-state index contributed by atoms with van der Waals surface area (Å²) in [6.07, 6.45) is 4.07. The van der Waals surface area contributed by atoms with Gasteiger partial charge in [0, 0.05) is 24.7 Å². The highest BCUT2D eigenvalue weighted by molar-refractivity contribution is 7.93. The predicted molar refractivity (Wildman–Crippen MR) is 122 cm³/mol. The Kier molecular flexibility index (Phi) is 6.09. The topological polar surface area (TPSA) is 87.7 Å². The van der Waals surface area contributed by atoms with E-state index < -0.39 is 10.0 Å². The zero-order chi connectivity index (χ0) is 22.0. The Labute approximate surface area is 183 Å². The molecule has 0 bridgehead atoms. The molecule has 1 amide bonds. The summed E-state index contributed by atoms with van der Waals surface area (Å²) >= 11 is 0. The molecule has 1 saturated carbocycles. The van der Waals surface area contributed by atoms with Gasteiger partial charge in [0.15, 0.2) is 0 Å². The first-order chi connectivity index (χ1) is 14.9. The van der Waals surface area contributed by atoms with Crippen LogP contribution < -0.4 is 19.7 Å². The molecule has 1 heterocycles. The molecule has 2 atom stereocenters. The third kappa shape index (κ3) is 4.79. The zero-order valence-corrected chi connectivity index (χ0v) is 18.7. The van der Waals surface area contributed by atoms with Crippen molar-refractivity contribution in [3.8, 4) is 5.75 Å². The maximum Gasteiger partial charge on any atom is 0.264 e. The Morgan fingerprint density at radius 3 is 2.48 bits per heavy atom. The number of carbonyl (C=O) groups excluding carboxylic acids is 1. The van der Waals surface area contributed by atoms with Gasteiger partial charge in [0.25, 0.3) is 10.0 Å². The molecule has 0 spiro atoms. The number of piperidine rings is 1. The summed E-state index contributed by atoms with van der Waals surface area (Å²) < 4.78 is 34.9. The van der Waals surface area contributed by atoms with Crippen molar-refractivity contribution < 1.29 is 17.9 Å². The number of anilines is 3. The minimum Gasteiger partial charge on any atom is -0.495 e. The van der Waals surface area contributed by atoms with Crippen LogP contribution in [0, 0.1) is 11.8 Å². The number of para-hydroxylation sites is 2. The van der Waals surface area contributed by atoms with Crippen molar-refractivity contribution in [1.82, 2.24) is 0 Å². The number of hydrogen-bond donors (Lipinski definition) is 2. The SMILES string of the molecule is COc1ccccc1NS(=O)(=O)c1cc(NC(=O)[C@@H]2C[C@H]2C)ccc1N1CCCCC1. The molecule has 0 unspecified atom stereocenters. The van der Waals surface area contributed by atoms with Crippen LogP contribution >= 0.6 is 0 Å². The number of hydrogen-bond acceptors (Lipinski definition) is 5. The molecule has 1 aliphatic carbocycles. The van der Waals surface area contributed by atoms with Crippen molar-refractivity contribution in [2.24, 2.45) is 11.8 Å². The molecule has 7 nitrogen and oxygen atoms in total. The molecule has 2 N–H and O–H groups in total. The number of amides is 1. The van der Waals surface area contributed by atoms with Gasteiger partial charge < -0.3 is 15.0 Å². The van der Waals surface area contributed by atoms with Gasteiger partial charge in [0.2, 0.25) is 5.91 Å². The van der Waals surface area contributed by atoms with Gasteiger partial charge in [-0.05, 0) is 61.9 Å². The van der Waals surface area contributed by atoms with Crippen LogP contribution in [-0.2, 0) is 14.8 Å². The highest BCUT2D eigenvalue weighted by atomic mass is 32.2. The van der Waals surface area contributed by atoms with Crippen LogP contribution in [0.2, 0.25) is 0 Å². The Bertz CT molecular complexity index is 1060. The molecule has 166 valence electrons. The monoisotopic (exact) mass is 443 g/mol. The lowest BCUT2D eigenvalue weighted by atomic mass is 10.1. The van der Waals surface area contributed by atoms with Crippen molar-refractivity contribution in [1.29, 1.82) is 0 Å². The highest BCUT2D eigenvalue weighted by Crippen LogP contribution is 2.39. The molecule has 2 fully saturated rings. The molecule has 8 heteroatoms. The van der Waals surface area contributed by atoms with Gasteiger partial charge >= 0.3 is 0 Å². The maximum atomic E-state index is 13.5.